The van der Waals surface area contributed by atoms with Crippen LogP contribution < -0.4 is 5.56 Å². The number of hydrogen-bond acceptors (Lipinski definition) is 6. The Bertz CT molecular complexity index is 1280. The number of esters is 1. The fraction of sp³-hybridized carbons (Fsp3) is 0.417. The van der Waals surface area contributed by atoms with Crippen LogP contribution in [0.3, 0.4) is 0 Å². The largest absolute Gasteiger partial charge is 0.465 e. The Morgan fingerprint density at radius 3 is 2.75 bits per heavy atom. The molecule has 1 aliphatic rings. The first-order valence-electron chi connectivity index (χ1n) is 10.8. The van der Waals surface area contributed by atoms with Gasteiger partial charge in [0.25, 0.3) is 5.56 Å². The highest BCUT2D eigenvalue weighted by atomic mass is 32.2. The Morgan fingerprint density at radius 2 is 2.06 bits per heavy atom. The third-order valence-corrected chi connectivity index (χ3v) is 7.12. The molecule has 0 amide bonds. The second-order valence-electron chi connectivity index (χ2n) is 8.52. The van der Waals surface area contributed by atoms with Gasteiger partial charge in [0.15, 0.2) is 5.16 Å². The second-order valence-corrected chi connectivity index (χ2v) is 9.46. The predicted molar refractivity (Wildman–Crippen MR) is 126 cm³/mol. The Labute approximate surface area is 191 Å². The molecule has 8 heteroatoms. The molecule has 2 heterocycles. The minimum absolute atomic E-state index is 0.108. The molecule has 3 aromatic rings. The Morgan fingerprint density at radius 1 is 1.31 bits per heavy atom. The summed E-state index contributed by atoms with van der Waals surface area (Å²) < 4.78 is 8.14. The molecule has 2 aromatic heterocycles. The van der Waals surface area contributed by atoms with Gasteiger partial charge in [0.05, 0.1) is 17.9 Å². The summed E-state index contributed by atoms with van der Waals surface area (Å²) in [6.07, 6.45) is 1.59. The van der Waals surface area contributed by atoms with Crippen molar-refractivity contribution >= 4 is 23.5 Å². The van der Waals surface area contributed by atoms with Crippen molar-refractivity contribution in [2.45, 2.75) is 57.7 Å². The predicted octanol–water partition coefficient (Wildman–Crippen LogP) is 4.01. The smallest absolute Gasteiger partial charge is 0.327 e. The van der Waals surface area contributed by atoms with Crippen molar-refractivity contribution in [2.75, 3.05) is 12.4 Å². The average Bonchev–Trinajstić information content (AvgIpc) is 3.10. The van der Waals surface area contributed by atoms with Crippen LogP contribution >= 0.6 is 11.8 Å². The second kappa shape index (κ2) is 8.58. The molecular formula is C24H28N4O3S. The highest BCUT2D eigenvalue weighted by molar-refractivity contribution is 7.99. The zero-order valence-electron chi connectivity index (χ0n) is 19.0. The molecule has 1 aromatic carbocycles. The maximum absolute atomic E-state index is 14.0. The maximum Gasteiger partial charge on any atom is 0.327 e. The van der Waals surface area contributed by atoms with E-state index in [9.17, 15) is 9.59 Å². The lowest BCUT2D eigenvalue weighted by molar-refractivity contribution is -0.143. The van der Waals surface area contributed by atoms with Gasteiger partial charge in [0.2, 0.25) is 5.78 Å². The van der Waals surface area contributed by atoms with Gasteiger partial charge < -0.3 is 4.74 Å². The van der Waals surface area contributed by atoms with E-state index in [-0.39, 0.29) is 24.1 Å². The molecule has 0 aliphatic heterocycles. The summed E-state index contributed by atoms with van der Waals surface area (Å²) in [5, 5.41) is 5.09. The molecule has 0 saturated heterocycles. The maximum atomic E-state index is 14.0. The van der Waals surface area contributed by atoms with Crippen molar-refractivity contribution < 1.29 is 9.53 Å². The molecule has 4 rings (SSSR count). The minimum Gasteiger partial charge on any atom is -0.465 e. The van der Waals surface area contributed by atoms with Crippen molar-refractivity contribution in [1.82, 2.24) is 19.2 Å². The van der Waals surface area contributed by atoms with Crippen LogP contribution in [-0.4, -0.2) is 37.5 Å². The first-order valence-corrected chi connectivity index (χ1v) is 11.8. The number of benzene rings is 1. The molecule has 0 saturated carbocycles. The number of nitrogens with zero attached hydrogens (tertiary/aromatic N) is 4. The molecule has 0 N–H and O–H groups in total. The molecule has 0 fully saturated rings. The lowest BCUT2D eigenvalue weighted by atomic mass is 9.69. The van der Waals surface area contributed by atoms with Crippen LogP contribution in [0.5, 0.6) is 0 Å². The quantitative estimate of drug-likeness (QED) is 0.306. The Kier molecular flexibility index (Phi) is 5.99. The molecular weight excluding hydrogens is 424 g/mol. The van der Waals surface area contributed by atoms with E-state index in [1.165, 1.54) is 22.0 Å². The van der Waals surface area contributed by atoms with Crippen molar-refractivity contribution in [3.8, 4) is 11.3 Å². The van der Waals surface area contributed by atoms with Crippen molar-refractivity contribution in [3.05, 3.63) is 57.9 Å². The van der Waals surface area contributed by atoms with Crippen molar-refractivity contribution in [3.63, 3.8) is 0 Å². The summed E-state index contributed by atoms with van der Waals surface area (Å²) in [5.74, 6) is 0.545. The number of ether oxygens (including phenoxy) is 1. The van der Waals surface area contributed by atoms with Gasteiger partial charge in [-0.05, 0) is 32.3 Å². The lowest BCUT2D eigenvalue weighted by Gasteiger charge is -2.35. The van der Waals surface area contributed by atoms with Crippen molar-refractivity contribution in [1.29, 1.82) is 0 Å². The van der Waals surface area contributed by atoms with E-state index in [0.717, 1.165) is 24.0 Å². The zero-order chi connectivity index (χ0) is 23.0. The molecule has 0 spiro atoms. The van der Waals surface area contributed by atoms with Crippen LogP contribution in [0.1, 0.15) is 45.2 Å². The van der Waals surface area contributed by atoms with E-state index in [0.29, 0.717) is 27.9 Å². The normalized spacial score (nSPS) is 17.1. The minimum atomic E-state index is -0.417. The van der Waals surface area contributed by atoms with Crippen LogP contribution in [0.15, 0.2) is 46.4 Å². The molecule has 7 nitrogen and oxygen atoms in total. The summed E-state index contributed by atoms with van der Waals surface area (Å²) in [7, 11) is 0. The van der Waals surface area contributed by atoms with Gasteiger partial charge in [-0.3, -0.25) is 9.59 Å². The number of hydrogen-bond donors (Lipinski definition) is 0. The van der Waals surface area contributed by atoms with Gasteiger partial charge in [-0.1, -0.05) is 62.0 Å². The van der Waals surface area contributed by atoms with Crippen LogP contribution in [0.2, 0.25) is 0 Å². The van der Waals surface area contributed by atoms with Crippen LogP contribution in [0, 0.1) is 0 Å². The first kappa shape index (κ1) is 22.3. The number of thioether (sulfide) groups is 1. The first-order chi connectivity index (χ1) is 15.3. The summed E-state index contributed by atoms with van der Waals surface area (Å²) in [6, 6.07) is 8.09. The van der Waals surface area contributed by atoms with E-state index in [4.69, 9.17) is 9.72 Å². The number of aromatic nitrogens is 4. The average molecular weight is 453 g/mol. The molecule has 1 atom stereocenters. The summed E-state index contributed by atoms with van der Waals surface area (Å²) >= 11 is 1.42. The molecule has 168 valence electrons. The fourth-order valence-corrected chi connectivity index (χ4v) is 5.04. The molecule has 32 heavy (non-hydrogen) atoms. The molecule has 0 bridgehead atoms. The van der Waals surface area contributed by atoms with Crippen LogP contribution in [0.4, 0.5) is 0 Å². The number of carbonyl (C=O) groups is 1. The van der Waals surface area contributed by atoms with Gasteiger partial charge in [0.1, 0.15) is 6.54 Å². The van der Waals surface area contributed by atoms with Crippen molar-refractivity contribution in [2.24, 2.45) is 0 Å². The molecule has 1 aliphatic carbocycles. The summed E-state index contributed by atoms with van der Waals surface area (Å²) in [6.45, 7) is 12.0. The topological polar surface area (TPSA) is 78.5 Å². The van der Waals surface area contributed by atoms with E-state index in [1.807, 2.05) is 25.1 Å². The van der Waals surface area contributed by atoms with E-state index in [1.54, 1.807) is 11.3 Å². The Balaban J connectivity index is 2.01. The standard InChI is InChI=1S/C24H28N4O3S/c1-6-24(5)12-16-10-8-9-11-17(16)20-19(24)21(30)28-22(25-20)27(13-18(29)31-7-2)26-23(28)32-14-15(3)4/h8-11H,3,6-7,12-14H2,1-2,4-5H3/t24-/m1/s1. The highest BCUT2D eigenvalue weighted by Crippen LogP contribution is 2.42. The van der Waals surface area contributed by atoms with Gasteiger partial charge in [-0.2, -0.15) is 0 Å². The third kappa shape index (κ3) is 3.77. The SMILES string of the molecule is C=C(C)CSc1nn(CC(=O)OCC)c2nc3c(c(=O)n12)[C@](C)(CC)Cc1ccccc1-3. The van der Waals surface area contributed by atoms with Gasteiger partial charge >= 0.3 is 5.97 Å². The third-order valence-electron chi connectivity index (χ3n) is 5.96. The number of carbonyl (C=O) groups excluding carboxylic acids is 1. The van der Waals surface area contributed by atoms with Crippen LogP contribution in [0.25, 0.3) is 17.0 Å². The van der Waals surface area contributed by atoms with Gasteiger partial charge in [-0.25, -0.2) is 14.1 Å². The van der Waals surface area contributed by atoms with E-state index in [2.05, 4.69) is 31.6 Å². The lowest BCUT2D eigenvalue weighted by Crippen LogP contribution is -2.38. The molecule has 0 radical (unpaired) electrons. The van der Waals surface area contributed by atoms with Gasteiger partial charge in [-0.15, -0.1) is 5.10 Å². The summed E-state index contributed by atoms with van der Waals surface area (Å²) in [4.78, 5) is 31.1. The monoisotopic (exact) mass is 452 g/mol. The summed E-state index contributed by atoms with van der Waals surface area (Å²) in [5.41, 5.74) is 4.04. The Hall–Kier alpha value is -2.87. The fourth-order valence-electron chi connectivity index (χ4n) is 4.22. The molecule has 0 unspecified atom stereocenters. The van der Waals surface area contributed by atoms with E-state index >= 15 is 0 Å². The van der Waals surface area contributed by atoms with Gasteiger partial charge in [0, 0.05) is 16.7 Å². The van der Waals surface area contributed by atoms with E-state index < -0.39 is 5.97 Å². The zero-order valence-corrected chi connectivity index (χ0v) is 19.8. The number of rotatable bonds is 7. The van der Waals surface area contributed by atoms with Crippen LogP contribution in [-0.2, 0) is 27.9 Å². The number of fused-ring (bicyclic) bond motifs is 4. The highest BCUT2D eigenvalue weighted by Gasteiger charge is 2.38.